The maximum atomic E-state index is 13.7. The fraction of sp³-hybridized carbons (Fsp3) is 0.364. The van der Waals surface area contributed by atoms with Crippen LogP contribution in [-0.2, 0) is 4.74 Å². The number of carbonyl (C=O) groups excluding carboxylic acids is 2. The molecule has 8 nitrogen and oxygen atoms in total. The van der Waals surface area contributed by atoms with E-state index in [0.29, 0.717) is 36.5 Å². The summed E-state index contributed by atoms with van der Waals surface area (Å²) in [6, 6.07) is 7.84. The molecule has 2 aromatic carbocycles. The third kappa shape index (κ3) is 7.55. The van der Waals surface area contributed by atoms with Gasteiger partial charge < -0.3 is 31.1 Å². The smallest absolute Gasteiger partial charge is 0.319 e. The summed E-state index contributed by atoms with van der Waals surface area (Å²) in [6.45, 7) is 0.0138. The van der Waals surface area contributed by atoms with E-state index in [1.807, 2.05) is 0 Å². The number of nitrogens with one attached hydrogen (secondary N) is 4. The number of hydrogen-bond acceptors (Lipinski definition) is 4. The molecule has 4 amide bonds. The second kappa shape index (κ2) is 11.8. The number of carbonyl (C=O) groups is 2. The van der Waals surface area contributed by atoms with Crippen molar-refractivity contribution in [3.05, 3.63) is 59.1 Å². The van der Waals surface area contributed by atoms with Crippen LogP contribution in [0.25, 0.3) is 0 Å². The number of amides is 4. The molecule has 0 aromatic heterocycles. The standard InChI is InChI=1S/C22H25ClF2N4O4/c23-13-1-4-15(5-2-13)27-21(31)26-10-9-16-6-8-18(20(12-30)33-16)28-22(32)29-19-11-14(24)3-7-17(19)25/h1-5,7,11,16,18,20,30H,6,8-10,12H2,(H2,26,27,31)(H2,28,29,32)/t16-,18+,20-/m0/s1. The van der Waals surface area contributed by atoms with Gasteiger partial charge in [-0.15, -0.1) is 0 Å². The highest BCUT2D eigenvalue weighted by Gasteiger charge is 2.32. The molecule has 0 radical (unpaired) electrons. The van der Waals surface area contributed by atoms with Crippen molar-refractivity contribution in [2.75, 3.05) is 23.8 Å². The number of anilines is 2. The molecule has 3 atom stereocenters. The van der Waals surface area contributed by atoms with E-state index in [2.05, 4.69) is 21.3 Å². The highest BCUT2D eigenvalue weighted by molar-refractivity contribution is 6.30. The predicted octanol–water partition coefficient (Wildman–Crippen LogP) is 3.86. The van der Waals surface area contributed by atoms with E-state index in [1.165, 1.54) is 0 Å². The molecule has 1 saturated heterocycles. The van der Waals surface area contributed by atoms with Crippen LogP contribution in [0.1, 0.15) is 19.3 Å². The highest BCUT2D eigenvalue weighted by atomic mass is 35.5. The molecule has 1 fully saturated rings. The Balaban J connectivity index is 1.41. The van der Waals surface area contributed by atoms with Gasteiger partial charge in [0.2, 0.25) is 0 Å². The monoisotopic (exact) mass is 482 g/mol. The molecule has 0 spiro atoms. The van der Waals surface area contributed by atoms with Crippen molar-refractivity contribution in [1.82, 2.24) is 10.6 Å². The van der Waals surface area contributed by atoms with Crippen LogP contribution in [0.5, 0.6) is 0 Å². The molecule has 2 aromatic rings. The SMILES string of the molecule is O=C(NCC[C@@H]1CC[C@@H](NC(=O)Nc2cc(F)ccc2F)[C@H](CO)O1)Nc1ccc(Cl)cc1. The van der Waals surface area contributed by atoms with Gasteiger partial charge in [-0.1, -0.05) is 11.6 Å². The van der Waals surface area contributed by atoms with E-state index in [-0.39, 0.29) is 24.4 Å². The van der Waals surface area contributed by atoms with Crippen molar-refractivity contribution in [3.63, 3.8) is 0 Å². The summed E-state index contributed by atoms with van der Waals surface area (Å²) in [5, 5.41) is 20.5. The van der Waals surface area contributed by atoms with Gasteiger partial charge in [-0.25, -0.2) is 18.4 Å². The van der Waals surface area contributed by atoms with E-state index in [4.69, 9.17) is 16.3 Å². The van der Waals surface area contributed by atoms with Gasteiger partial charge in [-0.05, 0) is 55.7 Å². The van der Waals surface area contributed by atoms with Crippen molar-refractivity contribution in [2.24, 2.45) is 0 Å². The van der Waals surface area contributed by atoms with Crippen molar-refractivity contribution in [2.45, 2.75) is 37.5 Å². The number of hydrogen-bond donors (Lipinski definition) is 5. The summed E-state index contributed by atoms with van der Waals surface area (Å²) < 4.78 is 32.8. The summed E-state index contributed by atoms with van der Waals surface area (Å²) in [7, 11) is 0. The van der Waals surface area contributed by atoms with Gasteiger partial charge in [0.15, 0.2) is 0 Å². The summed E-state index contributed by atoms with van der Waals surface area (Å²) in [5.41, 5.74) is 0.321. The van der Waals surface area contributed by atoms with Gasteiger partial charge >= 0.3 is 12.1 Å². The topological polar surface area (TPSA) is 112 Å². The van der Waals surface area contributed by atoms with Crippen molar-refractivity contribution < 1.29 is 28.2 Å². The number of aliphatic hydroxyl groups excluding tert-OH is 1. The summed E-state index contributed by atoms with van der Waals surface area (Å²) in [6.07, 6.45) is 0.703. The van der Waals surface area contributed by atoms with E-state index in [1.54, 1.807) is 24.3 Å². The van der Waals surface area contributed by atoms with E-state index in [9.17, 15) is 23.5 Å². The van der Waals surface area contributed by atoms with Gasteiger partial charge in [-0.2, -0.15) is 0 Å². The Hall–Kier alpha value is -2.95. The molecule has 178 valence electrons. The molecular formula is C22H25ClF2N4O4. The zero-order chi connectivity index (χ0) is 23.8. The molecule has 0 aliphatic carbocycles. The molecular weight excluding hydrogens is 458 g/mol. The first kappa shape index (κ1) is 24.7. The molecule has 1 heterocycles. The van der Waals surface area contributed by atoms with Crippen LogP contribution in [0.2, 0.25) is 5.02 Å². The second-order valence-corrected chi connectivity index (χ2v) is 8.00. The number of ether oxygens (including phenoxy) is 1. The normalized spacial score (nSPS) is 20.1. The lowest BCUT2D eigenvalue weighted by Gasteiger charge is -2.36. The molecule has 11 heteroatoms. The first-order valence-electron chi connectivity index (χ1n) is 10.4. The Morgan fingerprint density at radius 1 is 1.06 bits per heavy atom. The number of urea groups is 2. The van der Waals surface area contributed by atoms with Gasteiger partial charge in [0, 0.05) is 23.3 Å². The Kier molecular flexibility index (Phi) is 8.81. The molecule has 3 rings (SSSR count). The Bertz CT molecular complexity index is 964. The molecule has 1 aliphatic rings. The van der Waals surface area contributed by atoms with Crippen molar-refractivity contribution >= 4 is 35.0 Å². The van der Waals surface area contributed by atoms with Crippen LogP contribution < -0.4 is 21.3 Å². The molecule has 5 N–H and O–H groups in total. The van der Waals surface area contributed by atoms with Crippen LogP contribution >= 0.6 is 11.6 Å². The van der Waals surface area contributed by atoms with Crippen LogP contribution in [-0.4, -0.2) is 48.6 Å². The van der Waals surface area contributed by atoms with Crippen LogP contribution in [0.4, 0.5) is 29.7 Å². The molecule has 0 bridgehead atoms. The van der Waals surface area contributed by atoms with E-state index < -0.39 is 29.8 Å². The average molecular weight is 483 g/mol. The quantitative estimate of drug-likeness (QED) is 0.412. The van der Waals surface area contributed by atoms with Crippen molar-refractivity contribution in [3.8, 4) is 0 Å². The minimum absolute atomic E-state index is 0.222. The first-order chi connectivity index (χ1) is 15.8. The third-order valence-corrected chi connectivity index (χ3v) is 5.39. The summed E-state index contributed by atoms with van der Waals surface area (Å²) in [4.78, 5) is 24.2. The number of rotatable bonds is 7. The molecule has 33 heavy (non-hydrogen) atoms. The number of aliphatic hydroxyl groups is 1. The molecule has 0 saturated carbocycles. The van der Waals surface area contributed by atoms with Crippen LogP contribution in [0.15, 0.2) is 42.5 Å². The molecule has 0 unspecified atom stereocenters. The zero-order valence-electron chi connectivity index (χ0n) is 17.6. The minimum atomic E-state index is -0.766. The highest BCUT2D eigenvalue weighted by Crippen LogP contribution is 2.22. The largest absolute Gasteiger partial charge is 0.394 e. The first-order valence-corrected chi connectivity index (χ1v) is 10.8. The molecule has 1 aliphatic heterocycles. The fourth-order valence-corrected chi connectivity index (χ4v) is 3.61. The third-order valence-electron chi connectivity index (χ3n) is 5.14. The lowest BCUT2D eigenvalue weighted by atomic mass is 9.97. The fourth-order valence-electron chi connectivity index (χ4n) is 3.48. The number of halogens is 3. The zero-order valence-corrected chi connectivity index (χ0v) is 18.4. The summed E-state index contributed by atoms with van der Waals surface area (Å²) in [5.74, 6) is -1.45. The van der Waals surface area contributed by atoms with Gasteiger partial charge in [-0.3, -0.25) is 0 Å². The second-order valence-electron chi connectivity index (χ2n) is 7.56. The van der Waals surface area contributed by atoms with Crippen LogP contribution in [0, 0.1) is 11.6 Å². The lowest BCUT2D eigenvalue weighted by Crippen LogP contribution is -2.52. The average Bonchev–Trinajstić information content (AvgIpc) is 2.78. The minimum Gasteiger partial charge on any atom is -0.394 e. The maximum Gasteiger partial charge on any atom is 0.319 e. The van der Waals surface area contributed by atoms with E-state index in [0.717, 1.165) is 18.2 Å². The van der Waals surface area contributed by atoms with Crippen LogP contribution in [0.3, 0.4) is 0 Å². The van der Waals surface area contributed by atoms with Gasteiger partial charge in [0.05, 0.1) is 24.4 Å². The van der Waals surface area contributed by atoms with Gasteiger partial charge in [0.25, 0.3) is 0 Å². The Labute approximate surface area is 194 Å². The van der Waals surface area contributed by atoms with E-state index >= 15 is 0 Å². The number of benzene rings is 2. The maximum absolute atomic E-state index is 13.7. The van der Waals surface area contributed by atoms with Gasteiger partial charge in [0.1, 0.15) is 17.7 Å². The Morgan fingerprint density at radius 3 is 2.55 bits per heavy atom. The lowest BCUT2D eigenvalue weighted by molar-refractivity contribution is -0.0885. The van der Waals surface area contributed by atoms with Crippen molar-refractivity contribution in [1.29, 1.82) is 0 Å². The Morgan fingerprint density at radius 2 is 1.82 bits per heavy atom. The summed E-state index contributed by atoms with van der Waals surface area (Å²) >= 11 is 5.81. The predicted molar refractivity (Wildman–Crippen MR) is 120 cm³/mol.